The van der Waals surface area contributed by atoms with Crippen molar-refractivity contribution in [1.29, 1.82) is 0 Å². The molecule has 4 unspecified atom stereocenters. The number of amides is 10. The van der Waals surface area contributed by atoms with Gasteiger partial charge in [0.05, 0.1) is 12.1 Å². The van der Waals surface area contributed by atoms with Crippen LogP contribution in [0.5, 0.6) is 0 Å². The minimum Gasteiger partial charge on any atom is -0.381 e. The van der Waals surface area contributed by atoms with Crippen LogP contribution in [0, 0.1) is 67.0 Å². The Kier molecular flexibility index (Phi) is 26.5. The molecule has 10 aliphatic carbocycles. The number of nitrogens with zero attached hydrogens (tertiary/aromatic N) is 2. The first kappa shape index (κ1) is 85.4. The van der Waals surface area contributed by atoms with Gasteiger partial charge in [-0.15, -0.1) is 0 Å². The Morgan fingerprint density at radius 3 is 1.03 bits per heavy atom. The van der Waals surface area contributed by atoms with Crippen molar-refractivity contribution in [2.45, 2.75) is 386 Å². The maximum atomic E-state index is 15.1. The first-order valence-electron chi connectivity index (χ1n) is 43.7. The van der Waals surface area contributed by atoms with E-state index in [1.165, 1.54) is 0 Å². The standard InChI is InChI=1S/2C43H72N6O6/c2*1-8-14-30(33(50)38(54)45-28-19-20-28)46-36(52)31-24-43(41(5,6)42(43)21-13-22-42)25-49(31)39(55)34(40(2,3)4)48-37(53)32(26-15-10-9-11-16-26)47-35(51)27-17-12-18-29(23-27)44-7/h2*26-34,44,50H,8-25H2,1-7H3,(H,45,54)(H,46,52)(H,47,51)(H,48,53)/t2*27-,29?,30+,31+,32+,33?,34-,43-/m11/s1. The molecule has 16 atom stereocenters. The number of carbonyl (C=O) groups is 10. The summed E-state index contributed by atoms with van der Waals surface area (Å²) in [6.45, 7) is 25.4. The number of hydrogen-bond donors (Lipinski definition) is 12. The van der Waals surface area contributed by atoms with Crippen LogP contribution in [0.25, 0.3) is 0 Å². The maximum absolute atomic E-state index is 15.1. The summed E-state index contributed by atoms with van der Waals surface area (Å²) in [5.41, 5.74) is -1.92. The van der Waals surface area contributed by atoms with Crippen molar-refractivity contribution >= 4 is 59.1 Å². The molecule has 0 aromatic carbocycles. The lowest BCUT2D eigenvalue weighted by molar-refractivity contribution is -0.145. The summed E-state index contributed by atoms with van der Waals surface area (Å²) in [7, 11) is 3.86. The molecule has 0 bridgehead atoms. The smallest absolute Gasteiger partial charge is 0.251 e. The van der Waals surface area contributed by atoms with Crippen molar-refractivity contribution in [3.05, 3.63) is 0 Å². The average Bonchev–Trinajstić information content (AvgIpc) is 1.46. The molecule has 10 saturated carbocycles. The third-order valence-electron chi connectivity index (χ3n) is 30.9. The van der Waals surface area contributed by atoms with E-state index < -0.39 is 83.2 Å². The van der Waals surface area contributed by atoms with Gasteiger partial charge in [0.15, 0.2) is 12.2 Å². The first-order chi connectivity index (χ1) is 52.0. The molecule has 620 valence electrons. The van der Waals surface area contributed by atoms with Crippen molar-refractivity contribution < 1.29 is 58.2 Å². The number of nitrogens with one attached hydrogen (secondary N) is 10. The minimum absolute atomic E-state index is 0.0181. The largest absolute Gasteiger partial charge is 0.381 e. The molecular formula is C86H144N12O12. The summed E-state index contributed by atoms with van der Waals surface area (Å²) < 4.78 is 0. The van der Waals surface area contributed by atoms with E-state index in [0.717, 1.165) is 180 Å². The number of likely N-dealkylation sites (tertiary alicyclic amines) is 2. The molecular weight excluding hydrogens is 1390 g/mol. The van der Waals surface area contributed by atoms with E-state index >= 15 is 9.59 Å². The van der Waals surface area contributed by atoms with Gasteiger partial charge in [-0.1, -0.05) is 160 Å². The molecule has 12 rings (SSSR count). The summed E-state index contributed by atoms with van der Waals surface area (Å²) in [5.74, 6) is -3.48. The number of carbonyl (C=O) groups excluding carboxylic acids is 10. The van der Waals surface area contributed by atoms with Crippen LogP contribution in [0.2, 0.25) is 0 Å². The van der Waals surface area contributed by atoms with Crippen LogP contribution in [0.3, 0.4) is 0 Å². The van der Waals surface area contributed by atoms with E-state index in [9.17, 15) is 48.6 Å². The maximum Gasteiger partial charge on any atom is 0.251 e. The third-order valence-corrected chi connectivity index (χ3v) is 30.9. The summed E-state index contributed by atoms with van der Waals surface area (Å²) in [6.07, 6.45) is 27.0. The molecule has 0 aromatic heterocycles. The monoisotopic (exact) mass is 1540 g/mol. The van der Waals surface area contributed by atoms with E-state index in [-0.39, 0.29) is 128 Å². The summed E-state index contributed by atoms with van der Waals surface area (Å²) in [4.78, 5) is 145. The lowest BCUT2D eigenvalue weighted by Gasteiger charge is -2.38. The summed E-state index contributed by atoms with van der Waals surface area (Å²) >= 11 is 0. The molecule has 0 radical (unpaired) electrons. The van der Waals surface area contributed by atoms with Crippen LogP contribution >= 0.6 is 0 Å². The third kappa shape index (κ3) is 17.1. The predicted molar refractivity (Wildman–Crippen MR) is 423 cm³/mol. The predicted octanol–water partition coefficient (Wildman–Crippen LogP) is 8.16. The highest BCUT2D eigenvalue weighted by atomic mass is 16.3. The number of aliphatic hydroxyl groups excluding tert-OH is 2. The lowest BCUT2D eigenvalue weighted by Crippen LogP contribution is -2.62. The quantitative estimate of drug-likeness (QED) is 0.0352. The van der Waals surface area contributed by atoms with Gasteiger partial charge < -0.3 is 73.2 Å². The van der Waals surface area contributed by atoms with Gasteiger partial charge in [0.2, 0.25) is 47.3 Å². The molecule has 10 amide bonds. The Bertz CT molecular complexity index is 3110. The SMILES string of the molecule is CCC[C@H](NC(=O)[C@@H]1C[C@@]2(CN1C(=O)[C@@H](NC(=O)[C@@H](NC(=O)[C@@H]1CCCC(NC)C1)C1CCCCC1)C(C)(C)C)C(C)(C)C21CCC1)C(O)C(=O)NC1CC1.CCC[C@H](NC(=O)[C@@H]1C[C@@]2(CN1C(=O)[C@@H](NC(=O)[C@@H](NC(=O)[C@@H]1CCCC(NC)C1)C1CCCCC1)C(C)(C)C)C(C)(C)C21CCC1)C(O)C(=O)NC1CC1. The zero-order valence-electron chi connectivity index (χ0n) is 69.7. The van der Waals surface area contributed by atoms with E-state index in [1.807, 2.05) is 69.5 Å². The highest BCUT2D eigenvalue weighted by Gasteiger charge is 2.86. The fourth-order valence-corrected chi connectivity index (χ4v) is 23.1. The second-order valence-electron chi connectivity index (χ2n) is 40.0. The second-order valence-corrected chi connectivity index (χ2v) is 40.0. The van der Waals surface area contributed by atoms with Crippen LogP contribution in [-0.2, 0) is 47.9 Å². The summed E-state index contributed by atoms with van der Waals surface area (Å²) in [6, 6.07) is -5.89. The van der Waals surface area contributed by atoms with Crippen LogP contribution in [0.15, 0.2) is 0 Å². The zero-order chi connectivity index (χ0) is 79.8. The Morgan fingerprint density at radius 1 is 0.400 bits per heavy atom. The summed E-state index contributed by atoms with van der Waals surface area (Å²) in [5, 5.41) is 53.4. The average molecular weight is 1540 g/mol. The minimum atomic E-state index is -1.40. The molecule has 2 heterocycles. The van der Waals surface area contributed by atoms with Gasteiger partial charge >= 0.3 is 0 Å². The van der Waals surface area contributed by atoms with Gasteiger partial charge in [-0.2, -0.15) is 0 Å². The lowest BCUT2D eigenvalue weighted by atomic mass is 9.73. The number of fused-ring (bicyclic) bond motifs is 2. The topological polar surface area (TPSA) is 338 Å². The Labute approximate surface area is 657 Å². The molecule has 110 heavy (non-hydrogen) atoms. The highest BCUT2D eigenvalue weighted by Crippen LogP contribution is 2.89. The Balaban J connectivity index is 0.000000218. The van der Waals surface area contributed by atoms with Crippen LogP contribution in [-0.4, -0.2) is 191 Å². The van der Waals surface area contributed by atoms with Gasteiger partial charge in [-0.25, -0.2) is 0 Å². The van der Waals surface area contributed by atoms with Gasteiger partial charge in [0.25, 0.3) is 11.8 Å². The van der Waals surface area contributed by atoms with E-state index in [4.69, 9.17) is 0 Å². The second kappa shape index (κ2) is 34.2. The van der Waals surface area contributed by atoms with Crippen LogP contribution < -0.4 is 53.2 Å². The Morgan fingerprint density at radius 2 is 0.745 bits per heavy atom. The molecule has 12 fully saturated rings. The van der Waals surface area contributed by atoms with E-state index in [2.05, 4.69) is 80.9 Å². The van der Waals surface area contributed by atoms with E-state index in [0.29, 0.717) is 51.6 Å². The Hall–Kier alpha value is -5.46. The molecule has 12 N–H and O–H groups in total. The zero-order valence-corrected chi connectivity index (χ0v) is 69.7. The van der Waals surface area contributed by atoms with Crippen LogP contribution in [0.4, 0.5) is 0 Å². The van der Waals surface area contributed by atoms with Gasteiger partial charge in [0.1, 0.15) is 36.3 Å². The van der Waals surface area contributed by atoms with Crippen molar-refractivity contribution in [3.8, 4) is 0 Å². The molecule has 24 nitrogen and oxygen atoms in total. The molecule has 4 spiro atoms. The van der Waals surface area contributed by atoms with Gasteiger partial charge in [-0.05, 0) is 200 Å². The normalized spacial score (nSPS) is 30.8. The van der Waals surface area contributed by atoms with Crippen molar-refractivity contribution in [1.82, 2.24) is 63.0 Å². The number of rotatable bonds is 28. The number of hydrogen-bond acceptors (Lipinski definition) is 14. The van der Waals surface area contributed by atoms with Crippen molar-refractivity contribution in [3.63, 3.8) is 0 Å². The van der Waals surface area contributed by atoms with Crippen LogP contribution in [0.1, 0.15) is 301 Å². The molecule has 12 aliphatic rings. The fourth-order valence-electron chi connectivity index (χ4n) is 23.1. The number of aliphatic hydroxyl groups is 2. The molecule has 24 heteroatoms. The van der Waals surface area contributed by atoms with Crippen molar-refractivity contribution in [2.24, 2.45) is 67.0 Å². The van der Waals surface area contributed by atoms with Gasteiger partial charge in [0, 0.05) is 59.9 Å². The van der Waals surface area contributed by atoms with Crippen molar-refractivity contribution in [2.75, 3.05) is 27.2 Å². The fraction of sp³-hybridized carbons (Fsp3) is 0.884. The first-order valence-corrected chi connectivity index (χ1v) is 43.7. The highest BCUT2D eigenvalue weighted by molar-refractivity contribution is 5.98. The van der Waals surface area contributed by atoms with E-state index in [1.54, 1.807) is 9.80 Å². The molecule has 0 aromatic rings. The molecule has 2 aliphatic heterocycles. The molecule has 2 saturated heterocycles. The van der Waals surface area contributed by atoms with Gasteiger partial charge in [-0.3, -0.25) is 47.9 Å².